The quantitative estimate of drug-likeness (QED) is 0.0416. The Morgan fingerprint density at radius 2 is 0.767 bits per heavy atom. The third-order valence-electron chi connectivity index (χ3n) is 7.91. The minimum Gasteiger partial charge on any atom is -0.465 e. The Hall–Kier alpha value is -0.950. The predicted octanol–water partition coefficient (Wildman–Crippen LogP) is 9.98. The highest BCUT2D eigenvalue weighted by Gasteiger charge is 2.21. The fourth-order valence-corrected chi connectivity index (χ4v) is 5.54. The molecule has 9 heteroatoms. The standard InChI is InChI=1S/C34H67O8P/c1-3-5-7-9-11-13-15-16-18-20-22-24-26-28-34(36)41-30-32(31-42-43(37,38)39)29-40-33(35)27-25-23-21-19-17-14-12-10-8-6-4-2/h32H,3-31H2,1-2H3,(H2,37,38,39). The molecule has 8 nitrogen and oxygen atoms in total. The van der Waals surface area contributed by atoms with Gasteiger partial charge in [0.25, 0.3) is 0 Å². The van der Waals surface area contributed by atoms with Crippen molar-refractivity contribution in [1.82, 2.24) is 0 Å². The van der Waals surface area contributed by atoms with Crippen LogP contribution in [-0.4, -0.2) is 41.5 Å². The van der Waals surface area contributed by atoms with E-state index >= 15 is 0 Å². The number of carbonyl (C=O) groups excluding carboxylic acids is 2. The fraction of sp³-hybridized carbons (Fsp3) is 0.941. The summed E-state index contributed by atoms with van der Waals surface area (Å²) in [6.07, 6.45) is 29.8. The van der Waals surface area contributed by atoms with Crippen LogP contribution in [0.2, 0.25) is 0 Å². The van der Waals surface area contributed by atoms with Gasteiger partial charge in [-0.05, 0) is 12.8 Å². The van der Waals surface area contributed by atoms with Crippen LogP contribution in [0.4, 0.5) is 0 Å². The van der Waals surface area contributed by atoms with E-state index in [1.165, 1.54) is 116 Å². The van der Waals surface area contributed by atoms with E-state index in [4.69, 9.17) is 19.3 Å². The first-order valence-corrected chi connectivity index (χ1v) is 19.3. The Kier molecular flexibility index (Phi) is 30.4. The predicted molar refractivity (Wildman–Crippen MR) is 175 cm³/mol. The molecule has 0 heterocycles. The molecule has 0 saturated heterocycles. The zero-order valence-electron chi connectivity index (χ0n) is 27.9. The van der Waals surface area contributed by atoms with Gasteiger partial charge in [-0.25, -0.2) is 4.57 Å². The van der Waals surface area contributed by atoms with Crippen molar-refractivity contribution in [3.05, 3.63) is 0 Å². The average molecular weight is 635 g/mol. The molecule has 0 amide bonds. The van der Waals surface area contributed by atoms with E-state index in [0.29, 0.717) is 12.8 Å². The number of rotatable bonds is 33. The number of phosphoric ester groups is 1. The van der Waals surface area contributed by atoms with E-state index in [9.17, 15) is 14.2 Å². The summed E-state index contributed by atoms with van der Waals surface area (Å²) in [5.41, 5.74) is 0. The molecule has 0 radical (unpaired) electrons. The van der Waals surface area contributed by atoms with Crippen molar-refractivity contribution in [2.75, 3.05) is 19.8 Å². The number of hydrogen-bond acceptors (Lipinski definition) is 6. The number of hydrogen-bond donors (Lipinski definition) is 2. The number of carbonyl (C=O) groups is 2. The average Bonchev–Trinajstić information content (AvgIpc) is 2.97. The molecule has 0 aromatic carbocycles. The minimum atomic E-state index is -4.68. The molecule has 0 saturated carbocycles. The van der Waals surface area contributed by atoms with Gasteiger partial charge in [-0.2, -0.15) is 0 Å². The minimum absolute atomic E-state index is 0.108. The number of ether oxygens (including phenoxy) is 2. The van der Waals surface area contributed by atoms with Gasteiger partial charge < -0.3 is 19.3 Å². The SMILES string of the molecule is CCCCCCCCCCCCCCCC(=O)OCC(COC(=O)CCCCCCCCCCCCC)COP(=O)(O)O. The summed E-state index contributed by atoms with van der Waals surface area (Å²) in [7, 11) is -4.68. The second-order valence-electron chi connectivity index (χ2n) is 12.3. The lowest BCUT2D eigenvalue weighted by Crippen LogP contribution is -2.24. The lowest BCUT2D eigenvalue weighted by atomic mass is 10.0. The smallest absolute Gasteiger partial charge is 0.465 e. The fourth-order valence-electron chi connectivity index (χ4n) is 5.13. The summed E-state index contributed by atoms with van der Waals surface area (Å²) in [5.74, 6) is -1.34. The zero-order chi connectivity index (χ0) is 31.9. The maximum Gasteiger partial charge on any atom is 0.469 e. The molecule has 0 aliphatic carbocycles. The molecule has 43 heavy (non-hydrogen) atoms. The molecular formula is C34H67O8P. The van der Waals surface area contributed by atoms with Crippen molar-refractivity contribution in [1.29, 1.82) is 0 Å². The lowest BCUT2D eigenvalue weighted by molar-refractivity contribution is -0.149. The van der Waals surface area contributed by atoms with Crippen LogP contribution in [0.5, 0.6) is 0 Å². The Balaban J connectivity index is 3.94. The van der Waals surface area contributed by atoms with Crippen molar-refractivity contribution in [2.45, 2.75) is 181 Å². The summed E-state index contributed by atoms with van der Waals surface area (Å²) < 4.78 is 26.4. The van der Waals surface area contributed by atoms with Crippen LogP contribution in [-0.2, 0) is 28.2 Å². The first-order chi connectivity index (χ1) is 20.8. The van der Waals surface area contributed by atoms with Crippen molar-refractivity contribution < 1.29 is 37.9 Å². The maximum absolute atomic E-state index is 12.2. The van der Waals surface area contributed by atoms with Crippen molar-refractivity contribution in [2.24, 2.45) is 5.92 Å². The van der Waals surface area contributed by atoms with Gasteiger partial charge in [0, 0.05) is 12.8 Å². The highest BCUT2D eigenvalue weighted by atomic mass is 31.2. The Morgan fingerprint density at radius 3 is 1.05 bits per heavy atom. The van der Waals surface area contributed by atoms with Crippen LogP contribution < -0.4 is 0 Å². The van der Waals surface area contributed by atoms with Gasteiger partial charge in [-0.15, -0.1) is 0 Å². The van der Waals surface area contributed by atoms with Crippen LogP contribution in [0.15, 0.2) is 0 Å². The first kappa shape index (κ1) is 42.0. The summed E-state index contributed by atoms with van der Waals surface area (Å²) in [4.78, 5) is 42.5. The molecular weight excluding hydrogens is 567 g/mol. The first-order valence-electron chi connectivity index (χ1n) is 17.8. The van der Waals surface area contributed by atoms with E-state index < -0.39 is 13.7 Å². The van der Waals surface area contributed by atoms with Gasteiger partial charge in [-0.3, -0.25) is 14.1 Å². The van der Waals surface area contributed by atoms with Gasteiger partial charge in [0.1, 0.15) is 0 Å². The topological polar surface area (TPSA) is 119 Å². The third kappa shape index (κ3) is 33.8. The summed E-state index contributed by atoms with van der Waals surface area (Å²) >= 11 is 0. The van der Waals surface area contributed by atoms with Crippen LogP contribution in [0, 0.1) is 5.92 Å². The molecule has 0 rings (SSSR count). The summed E-state index contributed by atoms with van der Waals surface area (Å²) in [5, 5.41) is 0. The van der Waals surface area contributed by atoms with E-state index in [1.54, 1.807) is 0 Å². The monoisotopic (exact) mass is 634 g/mol. The van der Waals surface area contributed by atoms with Gasteiger partial charge in [-0.1, -0.05) is 155 Å². The molecule has 0 aliphatic heterocycles. The molecule has 2 N–H and O–H groups in total. The van der Waals surface area contributed by atoms with Crippen molar-refractivity contribution in [3.63, 3.8) is 0 Å². The van der Waals surface area contributed by atoms with Crippen molar-refractivity contribution in [3.8, 4) is 0 Å². The van der Waals surface area contributed by atoms with Gasteiger partial charge in [0.2, 0.25) is 0 Å². The lowest BCUT2D eigenvalue weighted by Gasteiger charge is -2.17. The van der Waals surface area contributed by atoms with Crippen LogP contribution >= 0.6 is 7.82 Å². The molecule has 0 aliphatic rings. The Labute approximate surface area is 264 Å². The van der Waals surface area contributed by atoms with Gasteiger partial charge in [0.05, 0.1) is 25.7 Å². The molecule has 0 aromatic heterocycles. The van der Waals surface area contributed by atoms with E-state index in [1.807, 2.05) is 0 Å². The second-order valence-corrected chi connectivity index (χ2v) is 13.5. The molecule has 1 unspecified atom stereocenters. The van der Waals surface area contributed by atoms with Crippen LogP contribution in [0.25, 0.3) is 0 Å². The van der Waals surface area contributed by atoms with Crippen LogP contribution in [0.3, 0.4) is 0 Å². The van der Waals surface area contributed by atoms with Crippen LogP contribution in [0.1, 0.15) is 181 Å². The summed E-state index contributed by atoms with van der Waals surface area (Å²) in [6.45, 7) is 3.90. The van der Waals surface area contributed by atoms with E-state index in [0.717, 1.165) is 38.5 Å². The number of unbranched alkanes of at least 4 members (excludes halogenated alkanes) is 22. The van der Waals surface area contributed by atoms with E-state index in [-0.39, 0.29) is 31.8 Å². The number of phosphoric acid groups is 1. The second kappa shape index (κ2) is 31.0. The van der Waals surface area contributed by atoms with Crippen molar-refractivity contribution >= 4 is 19.8 Å². The largest absolute Gasteiger partial charge is 0.469 e. The molecule has 0 bridgehead atoms. The molecule has 0 aromatic rings. The Bertz CT molecular complexity index is 681. The third-order valence-corrected chi connectivity index (χ3v) is 8.39. The van der Waals surface area contributed by atoms with E-state index in [2.05, 4.69) is 18.4 Å². The highest BCUT2D eigenvalue weighted by molar-refractivity contribution is 7.46. The highest BCUT2D eigenvalue weighted by Crippen LogP contribution is 2.36. The van der Waals surface area contributed by atoms with Gasteiger partial charge in [0.15, 0.2) is 0 Å². The molecule has 1 atom stereocenters. The molecule has 0 spiro atoms. The molecule has 0 fully saturated rings. The van der Waals surface area contributed by atoms with Gasteiger partial charge >= 0.3 is 19.8 Å². The Morgan fingerprint density at radius 1 is 0.488 bits per heavy atom. The molecule has 256 valence electrons. The zero-order valence-corrected chi connectivity index (χ0v) is 28.8. The normalized spacial score (nSPS) is 12.4. The maximum atomic E-state index is 12.2. The number of esters is 2. The summed E-state index contributed by atoms with van der Waals surface area (Å²) in [6, 6.07) is 0.